The predicted octanol–water partition coefficient (Wildman–Crippen LogP) is 4.06. The van der Waals surface area contributed by atoms with Crippen molar-refractivity contribution in [3.8, 4) is 17.1 Å². The van der Waals surface area contributed by atoms with E-state index in [4.69, 9.17) is 18.4 Å². The summed E-state index contributed by atoms with van der Waals surface area (Å²) in [5.41, 5.74) is 1.33. The van der Waals surface area contributed by atoms with Gasteiger partial charge in [-0.25, -0.2) is 4.79 Å². The number of rotatable bonds is 5. The predicted molar refractivity (Wildman–Crippen MR) is 84.0 cm³/mol. The molecule has 2 aromatic heterocycles. The largest absolute Gasteiger partial charge is 0.497 e. The molecule has 0 N–H and O–H groups in total. The van der Waals surface area contributed by atoms with Crippen molar-refractivity contribution < 1.29 is 23.2 Å². The minimum Gasteiger partial charge on any atom is -0.497 e. The number of carbonyl (C=O) groups is 1. The fourth-order valence-corrected chi connectivity index (χ4v) is 2.23. The summed E-state index contributed by atoms with van der Waals surface area (Å²) >= 11 is 3.13. The lowest BCUT2D eigenvalue weighted by Gasteiger charge is -2.00. The zero-order chi connectivity index (χ0) is 16.2. The Bertz CT molecular complexity index is 823. The van der Waals surface area contributed by atoms with Crippen LogP contribution >= 0.6 is 15.9 Å². The summed E-state index contributed by atoms with van der Waals surface area (Å²) in [5, 5.41) is 3.89. The molecule has 3 aromatic rings. The number of ether oxygens (including phenoxy) is 2. The van der Waals surface area contributed by atoms with Crippen molar-refractivity contribution in [2.24, 2.45) is 0 Å². The number of aromatic nitrogens is 1. The van der Waals surface area contributed by atoms with E-state index in [2.05, 4.69) is 21.1 Å². The van der Waals surface area contributed by atoms with Crippen LogP contribution in [0.15, 0.2) is 56.1 Å². The zero-order valence-electron chi connectivity index (χ0n) is 12.1. The van der Waals surface area contributed by atoms with E-state index in [0.717, 1.165) is 11.3 Å². The maximum Gasteiger partial charge on any atom is 0.374 e. The Morgan fingerprint density at radius 2 is 2.13 bits per heavy atom. The highest BCUT2D eigenvalue weighted by molar-refractivity contribution is 9.10. The number of carbonyl (C=O) groups excluding carboxylic acids is 1. The van der Waals surface area contributed by atoms with Gasteiger partial charge in [0.1, 0.15) is 18.1 Å². The summed E-state index contributed by atoms with van der Waals surface area (Å²) in [6.45, 7) is -0.00930. The summed E-state index contributed by atoms with van der Waals surface area (Å²) in [5.74, 6) is 0.834. The van der Waals surface area contributed by atoms with Crippen LogP contribution in [0.2, 0.25) is 0 Å². The van der Waals surface area contributed by atoms with Gasteiger partial charge in [0.05, 0.1) is 7.11 Å². The van der Waals surface area contributed by atoms with Crippen LogP contribution in [0.4, 0.5) is 0 Å². The lowest BCUT2D eigenvalue weighted by atomic mass is 10.1. The van der Waals surface area contributed by atoms with Crippen LogP contribution < -0.4 is 4.74 Å². The van der Waals surface area contributed by atoms with Gasteiger partial charge in [-0.15, -0.1) is 0 Å². The molecule has 0 spiro atoms. The maximum atomic E-state index is 11.8. The summed E-state index contributed by atoms with van der Waals surface area (Å²) in [4.78, 5) is 11.8. The van der Waals surface area contributed by atoms with Crippen molar-refractivity contribution in [3.63, 3.8) is 0 Å². The van der Waals surface area contributed by atoms with E-state index in [1.807, 2.05) is 24.3 Å². The van der Waals surface area contributed by atoms with Gasteiger partial charge in [0.25, 0.3) is 0 Å². The average molecular weight is 378 g/mol. The molecule has 7 heteroatoms. The Morgan fingerprint density at radius 1 is 1.26 bits per heavy atom. The molecule has 0 aliphatic carbocycles. The number of benzene rings is 1. The van der Waals surface area contributed by atoms with Gasteiger partial charge in [-0.2, -0.15) is 0 Å². The minimum atomic E-state index is -0.568. The number of methoxy groups -OCH3 is 1. The number of nitrogens with zero attached hydrogens (tertiary/aromatic N) is 1. The topological polar surface area (TPSA) is 74.7 Å². The van der Waals surface area contributed by atoms with Gasteiger partial charge in [-0.05, 0) is 40.2 Å². The second-order valence-corrected chi connectivity index (χ2v) is 5.38. The van der Waals surface area contributed by atoms with E-state index in [1.165, 1.54) is 6.07 Å². The number of esters is 1. The van der Waals surface area contributed by atoms with Crippen LogP contribution in [0.1, 0.15) is 16.2 Å². The number of hydrogen-bond acceptors (Lipinski definition) is 6. The molecule has 1 aromatic carbocycles. The second-order valence-electron chi connectivity index (χ2n) is 4.59. The summed E-state index contributed by atoms with van der Waals surface area (Å²) in [7, 11) is 1.59. The van der Waals surface area contributed by atoms with Crippen molar-refractivity contribution in [1.29, 1.82) is 0 Å². The van der Waals surface area contributed by atoms with Crippen molar-refractivity contribution in [3.05, 3.63) is 58.6 Å². The standard InChI is InChI=1S/C16H12BrNO5/c1-20-12-4-2-3-10(7-12)14-8-11(18-23-14)9-21-16(19)13-5-6-15(17)22-13/h2-8H,9H2,1H3. The average Bonchev–Trinajstić information content (AvgIpc) is 3.22. The van der Waals surface area contributed by atoms with Crippen LogP contribution in [0, 0.1) is 0 Å². The summed E-state index contributed by atoms with van der Waals surface area (Å²) < 4.78 is 21.1. The molecule has 0 unspecified atom stereocenters. The van der Waals surface area contributed by atoms with Crippen molar-refractivity contribution in [1.82, 2.24) is 5.16 Å². The van der Waals surface area contributed by atoms with Crippen LogP contribution in [-0.2, 0) is 11.3 Å². The van der Waals surface area contributed by atoms with Crippen LogP contribution in [0.3, 0.4) is 0 Å². The Kier molecular flexibility index (Phi) is 4.47. The molecule has 0 radical (unpaired) electrons. The van der Waals surface area contributed by atoms with E-state index in [1.54, 1.807) is 19.2 Å². The first-order valence-electron chi connectivity index (χ1n) is 6.68. The SMILES string of the molecule is COc1cccc(-c2cc(COC(=O)c3ccc(Br)o3)no2)c1. The van der Waals surface area contributed by atoms with E-state index < -0.39 is 5.97 Å². The first-order chi connectivity index (χ1) is 11.2. The third-order valence-corrected chi connectivity index (χ3v) is 3.46. The lowest BCUT2D eigenvalue weighted by molar-refractivity contribution is 0.0426. The number of furan rings is 1. The normalized spacial score (nSPS) is 10.5. The van der Waals surface area contributed by atoms with Crippen LogP contribution in [0.5, 0.6) is 5.75 Å². The second kappa shape index (κ2) is 6.70. The number of halogens is 1. The molecule has 2 heterocycles. The van der Waals surface area contributed by atoms with Crippen molar-refractivity contribution in [2.75, 3.05) is 7.11 Å². The fraction of sp³-hybridized carbons (Fsp3) is 0.125. The Balaban J connectivity index is 1.66. The Morgan fingerprint density at radius 3 is 2.87 bits per heavy atom. The highest BCUT2D eigenvalue weighted by Crippen LogP contribution is 2.24. The molecular formula is C16H12BrNO5. The number of hydrogen-bond donors (Lipinski definition) is 0. The third-order valence-electron chi connectivity index (χ3n) is 3.04. The molecule has 0 aliphatic heterocycles. The molecule has 0 atom stereocenters. The summed E-state index contributed by atoms with van der Waals surface area (Å²) in [6, 6.07) is 12.2. The molecule has 6 nitrogen and oxygen atoms in total. The zero-order valence-corrected chi connectivity index (χ0v) is 13.7. The van der Waals surface area contributed by atoms with Gasteiger partial charge >= 0.3 is 5.97 Å². The Labute approximate surface area is 140 Å². The molecular weight excluding hydrogens is 366 g/mol. The van der Waals surface area contributed by atoms with Crippen LogP contribution in [0.25, 0.3) is 11.3 Å². The van der Waals surface area contributed by atoms with E-state index in [0.29, 0.717) is 16.1 Å². The molecule has 0 bridgehead atoms. The highest BCUT2D eigenvalue weighted by Gasteiger charge is 2.14. The molecule has 0 aliphatic rings. The van der Waals surface area contributed by atoms with Gasteiger partial charge in [0, 0.05) is 11.6 Å². The van der Waals surface area contributed by atoms with Gasteiger partial charge < -0.3 is 18.4 Å². The van der Waals surface area contributed by atoms with Gasteiger partial charge in [0.2, 0.25) is 5.76 Å². The van der Waals surface area contributed by atoms with Crippen molar-refractivity contribution in [2.45, 2.75) is 6.61 Å². The maximum absolute atomic E-state index is 11.8. The smallest absolute Gasteiger partial charge is 0.374 e. The highest BCUT2D eigenvalue weighted by atomic mass is 79.9. The first-order valence-corrected chi connectivity index (χ1v) is 7.47. The molecule has 118 valence electrons. The van der Waals surface area contributed by atoms with E-state index >= 15 is 0 Å². The Hall–Kier alpha value is -2.54. The molecule has 0 fully saturated rings. The summed E-state index contributed by atoms with van der Waals surface area (Å²) in [6.07, 6.45) is 0. The quantitative estimate of drug-likeness (QED) is 0.624. The van der Waals surface area contributed by atoms with Gasteiger partial charge in [-0.1, -0.05) is 17.3 Å². The fourth-order valence-electron chi connectivity index (χ4n) is 1.93. The van der Waals surface area contributed by atoms with Gasteiger partial charge in [0.15, 0.2) is 10.4 Å². The molecule has 3 rings (SSSR count). The van der Waals surface area contributed by atoms with Gasteiger partial charge in [-0.3, -0.25) is 0 Å². The minimum absolute atomic E-state index is 0.00930. The molecule has 0 saturated carbocycles. The van der Waals surface area contributed by atoms with E-state index in [9.17, 15) is 4.79 Å². The van der Waals surface area contributed by atoms with E-state index in [-0.39, 0.29) is 12.4 Å². The molecule has 0 saturated heterocycles. The third kappa shape index (κ3) is 3.62. The monoisotopic (exact) mass is 377 g/mol. The lowest BCUT2D eigenvalue weighted by Crippen LogP contribution is -2.03. The molecule has 23 heavy (non-hydrogen) atoms. The van der Waals surface area contributed by atoms with Crippen molar-refractivity contribution >= 4 is 21.9 Å². The molecule has 0 amide bonds. The van der Waals surface area contributed by atoms with Crippen LogP contribution in [-0.4, -0.2) is 18.2 Å². The first kappa shape index (κ1) is 15.4.